The summed E-state index contributed by atoms with van der Waals surface area (Å²) in [7, 11) is -3.92. The average Bonchev–Trinajstić information content (AvgIpc) is 2.59. The van der Waals surface area contributed by atoms with Gasteiger partial charge in [-0.05, 0) is 44.2 Å². The van der Waals surface area contributed by atoms with E-state index in [1.807, 2.05) is 0 Å². The van der Waals surface area contributed by atoms with E-state index in [2.05, 4.69) is 4.72 Å². The molecular formula is C19H20FNO6S. The maximum atomic E-state index is 13.1. The van der Waals surface area contributed by atoms with Crippen LogP contribution in [0.4, 0.5) is 4.39 Å². The van der Waals surface area contributed by atoms with E-state index < -0.39 is 40.1 Å². The second-order valence-corrected chi connectivity index (χ2v) is 8.76. The largest absolute Gasteiger partial charge is 0.484 e. The fraction of sp³-hybridized carbons (Fsp3) is 0.316. The number of ether oxygens (including phenoxy) is 2. The predicted octanol–water partition coefficient (Wildman–Crippen LogP) is 2.87. The first-order valence-electron chi connectivity index (χ1n) is 8.52. The number of carbonyl (C=O) groups is 1. The molecule has 0 aliphatic carbocycles. The Morgan fingerprint density at radius 1 is 1.29 bits per heavy atom. The van der Waals surface area contributed by atoms with E-state index in [0.29, 0.717) is 17.7 Å². The zero-order valence-corrected chi connectivity index (χ0v) is 16.1. The standard InChI is InChI=1S/C19H20FNO6S/c1-19(2)10-15(21-28(24,25)13-8-6-12(20)7-9-13)14-4-3-5-16(18(14)27-19)26-11-17(22)23/h3-9,15,21H,10-11H2,1-2H3,(H,22,23). The maximum Gasteiger partial charge on any atom is 0.341 e. The molecule has 1 heterocycles. The van der Waals surface area contributed by atoms with Crippen molar-refractivity contribution >= 4 is 16.0 Å². The number of para-hydroxylation sites is 1. The first kappa shape index (κ1) is 20.1. The molecule has 0 spiro atoms. The number of benzene rings is 2. The SMILES string of the molecule is CC1(C)CC(NS(=O)(=O)c2ccc(F)cc2)c2cccc(OCC(=O)O)c2O1. The van der Waals surface area contributed by atoms with E-state index in [9.17, 15) is 17.6 Å². The minimum Gasteiger partial charge on any atom is -0.484 e. The third kappa shape index (κ3) is 4.42. The summed E-state index contributed by atoms with van der Waals surface area (Å²) in [6.07, 6.45) is 0.336. The molecule has 3 rings (SSSR count). The molecule has 0 fully saturated rings. The van der Waals surface area contributed by atoms with E-state index in [4.69, 9.17) is 14.6 Å². The van der Waals surface area contributed by atoms with Crippen LogP contribution in [0.5, 0.6) is 11.5 Å². The monoisotopic (exact) mass is 409 g/mol. The van der Waals surface area contributed by atoms with E-state index >= 15 is 0 Å². The van der Waals surface area contributed by atoms with Crippen molar-refractivity contribution < 1.29 is 32.2 Å². The van der Waals surface area contributed by atoms with Gasteiger partial charge in [0.1, 0.15) is 11.4 Å². The van der Waals surface area contributed by atoms with Crippen molar-refractivity contribution in [3.8, 4) is 11.5 Å². The molecule has 7 nitrogen and oxygen atoms in total. The Balaban J connectivity index is 1.96. The molecule has 28 heavy (non-hydrogen) atoms. The van der Waals surface area contributed by atoms with Crippen LogP contribution in [-0.2, 0) is 14.8 Å². The van der Waals surface area contributed by atoms with Crippen molar-refractivity contribution in [2.45, 2.75) is 36.8 Å². The molecule has 2 aromatic rings. The van der Waals surface area contributed by atoms with Crippen LogP contribution >= 0.6 is 0 Å². The highest BCUT2D eigenvalue weighted by Crippen LogP contribution is 2.45. The maximum absolute atomic E-state index is 13.1. The van der Waals surface area contributed by atoms with E-state index in [1.54, 1.807) is 32.0 Å². The Morgan fingerprint density at radius 3 is 2.61 bits per heavy atom. The second kappa shape index (κ2) is 7.40. The summed E-state index contributed by atoms with van der Waals surface area (Å²) in [6.45, 7) is 3.04. The molecule has 2 N–H and O–H groups in total. The number of fused-ring (bicyclic) bond motifs is 1. The Bertz CT molecular complexity index is 988. The number of rotatable bonds is 6. The van der Waals surface area contributed by atoms with Crippen molar-refractivity contribution in [2.24, 2.45) is 0 Å². The quantitative estimate of drug-likeness (QED) is 0.761. The van der Waals surface area contributed by atoms with Gasteiger partial charge in [0.05, 0.1) is 10.9 Å². The zero-order chi connectivity index (χ0) is 20.5. The van der Waals surface area contributed by atoms with Crippen LogP contribution in [0.3, 0.4) is 0 Å². The molecule has 2 aromatic carbocycles. The minimum atomic E-state index is -3.92. The molecule has 0 saturated carbocycles. The topological polar surface area (TPSA) is 102 Å². The van der Waals surface area contributed by atoms with Gasteiger partial charge < -0.3 is 14.6 Å². The second-order valence-electron chi connectivity index (χ2n) is 7.05. The highest BCUT2D eigenvalue weighted by Gasteiger charge is 2.37. The van der Waals surface area contributed by atoms with Gasteiger partial charge >= 0.3 is 5.97 Å². The normalized spacial score (nSPS) is 18.0. The molecule has 0 saturated heterocycles. The van der Waals surface area contributed by atoms with Gasteiger partial charge in [0.2, 0.25) is 10.0 Å². The molecule has 150 valence electrons. The van der Waals surface area contributed by atoms with Gasteiger partial charge in [-0.25, -0.2) is 22.3 Å². The summed E-state index contributed by atoms with van der Waals surface area (Å²) in [5.41, 5.74) is -0.195. The van der Waals surface area contributed by atoms with Crippen LogP contribution in [-0.4, -0.2) is 31.7 Å². The van der Waals surface area contributed by atoms with Gasteiger partial charge in [-0.2, -0.15) is 0 Å². The van der Waals surface area contributed by atoms with Gasteiger partial charge in [0, 0.05) is 12.0 Å². The summed E-state index contributed by atoms with van der Waals surface area (Å²) in [6, 6.07) is 8.79. The lowest BCUT2D eigenvalue weighted by atomic mass is 9.90. The zero-order valence-electron chi connectivity index (χ0n) is 15.3. The lowest BCUT2D eigenvalue weighted by Crippen LogP contribution is -2.41. The number of carboxylic acids is 1. The van der Waals surface area contributed by atoms with Crippen LogP contribution in [0.1, 0.15) is 31.9 Å². The highest BCUT2D eigenvalue weighted by atomic mass is 32.2. The summed E-state index contributed by atoms with van der Waals surface area (Å²) in [5, 5.41) is 8.85. The van der Waals surface area contributed by atoms with Crippen LogP contribution in [0.15, 0.2) is 47.4 Å². The summed E-state index contributed by atoms with van der Waals surface area (Å²) < 4.78 is 52.5. The summed E-state index contributed by atoms with van der Waals surface area (Å²) >= 11 is 0. The predicted molar refractivity (Wildman–Crippen MR) is 98.4 cm³/mol. The Kier molecular flexibility index (Phi) is 5.31. The van der Waals surface area contributed by atoms with E-state index in [0.717, 1.165) is 12.1 Å². The molecule has 0 aromatic heterocycles. The fourth-order valence-electron chi connectivity index (χ4n) is 3.06. The highest BCUT2D eigenvalue weighted by molar-refractivity contribution is 7.89. The fourth-order valence-corrected chi connectivity index (χ4v) is 4.28. The molecule has 0 amide bonds. The van der Waals surface area contributed by atoms with Crippen molar-refractivity contribution in [1.82, 2.24) is 4.72 Å². The van der Waals surface area contributed by atoms with Crippen LogP contribution in [0, 0.1) is 5.82 Å². The number of carboxylic acid groups (broad SMARTS) is 1. The van der Waals surface area contributed by atoms with E-state index in [1.165, 1.54) is 12.1 Å². The molecule has 1 atom stereocenters. The van der Waals surface area contributed by atoms with Gasteiger partial charge in [-0.1, -0.05) is 12.1 Å². The van der Waals surface area contributed by atoms with Gasteiger partial charge in [0.15, 0.2) is 18.1 Å². The summed E-state index contributed by atoms with van der Waals surface area (Å²) in [4.78, 5) is 10.8. The molecule has 0 bridgehead atoms. The Hall–Kier alpha value is -2.65. The number of halogens is 1. The summed E-state index contributed by atoms with van der Waals surface area (Å²) in [5.74, 6) is -1.15. The van der Waals surface area contributed by atoms with Crippen LogP contribution < -0.4 is 14.2 Å². The van der Waals surface area contributed by atoms with E-state index in [-0.39, 0.29) is 10.6 Å². The first-order valence-corrected chi connectivity index (χ1v) is 10.0. The Labute approximate surface area is 162 Å². The molecule has 9 heteroatoms. The van der Waals surface area contributed by atoms with Crippen molar-refractivity contribution in [3.63, 3.8) is 0 Å². The lowest BCUT2D eigenvalue weighted by molar-refractivity contribution is -0.139. The molecule has 1 aliphatic heterocycles. The number of hydrogen-bond donors (Lipinski definition) is 2. The number of nitrogens with one attached hydrogen (secondary N) is 1. The number of aliphatic carboxylic acids is 1. The third-order valence-corrected chi connectivity index (χ3v) is 5.72. The number of hydrogen-bond acceptors (Lipinski definition) is 5. The molecule has 0 radical (unpaired) electrons. The smallest absolute Gasteiger partial charge is 0.341 e. The average molecular weight is 409 g/mol. The third-order valence-electron chi connectivity index (χ3n) is 4.23. The number of sulfonamides is 1. The van der Waals surface area contributed by atoms with Crippen molar-refractivity contribution in [1.29, 1.82) is 0 Å². The van der Waals surface area contributed by atoms with Crippen molar-refractivity contribution in [3.05, 3.63) is 53.8 Å². The van der Waals surface area contributed by atoms with Crippen LogP contribution in [0.2, 0.25) is 0 Å². The minimum absolute atomic E-state index is 0.0574. The Morgan fingerprint density at radius 2 is 1.96 bits per heavy atom. The molecular weight excluding hydrogens is 389 g/mol. The first-order chi connectivity index (χ1) is 13.1. The molecule has 1 aliphatic rings. The van der Waals surface area contributed by atoms with Gasteiger partial charge in [-0.3, -0.25) is 0 Å². The van der Waals surface area contributed by atoms with Crippen molar-refractivity contribution in [2.75, 3.05) is 6.61 Å². The van der Waals surface area contributed by atoms with Gasteiger partial charge in [0.25, 0.3) is 0 Å². The van der Waals surface area contributed by atoms with Gasteiger partial charge in [-0.15, -0.1) is 0 Å². The molecule has 1 unspecified atom stereocenters. The lowest BCUT2D eigenvalue weighted by Gasteiger charge is -2.38. The van der Waals surface area contributed by atoms with Crippen LogP contribution in [0.25, 0.3) is 0 Å².